The first-order valence-corrected chi connectivity index (χ1v) is 5.85. The van der Waals surface area contributed by atoms with E-state index in [2.05, 4.69) is 10.6 Å². The van der Waals surface area contributed by atoms with E-state index in [4.69, 9.17) is 4.74 Å². The Balaban J connectivity index is 1.54. The van der Waals surface area contributed by atoms with E-state index < -0.39 is 0 Å². The molecule has 2 N–H and O–H groups in total. The quantitative estimate of drug-likeness (QED) is 0.699. The first-order valence-electron chi connectivity index (χ1n) is 5.85. The highest BCUT2D eigenvalue weighted by Crippen LogP contribution is 2.23. The van der Waals surface area contributed by atoms with Gasteiger partial charge in [0.2, 0.25) is 0 Å². The Morgan fingerprint density at radius 1 is 1.29 bits per heavy atom. The average molecular weight is 198 g/mol. The molecular weight excluding hydrogens is 176 g/mol. The molecule has 0 amide bonds. The molecule has 0 aromatic heterocycles. The van der Waals surface area contributed by atoms with Gasteiger partial charge in [-0.3, -0.25) is 0 Å². The number of hydrogen-bond acceptors (Lipinski definition) is 3. The van der Waals surface area contributed by atoms with Crippen LogP contribution in [0.3, 0.4) is 0 Å². The average Bonchev–Trinajstić information content (AvgIpc) is 2.17. The largest absolute Gasteiger partial charge is 0.381 e. The standard InChI is InChI=1S/C11H22N2O/c1-14-11-6-10(7-11)13-8-9-2-4-12-5-3-9/h9-13H,2-8H2,1H3. The molecule has 0 aromatic carbocycles. The molecule has 0 spiro atoms. The van der Waals surface area contributed by atoms with Crippen molar-refractivity contribution < 1.29 is 4.74 Å². The van der Waals surface area contributed by atoms with Crippen molar-refractivity contribution in [2.45, 2.75) is 37.8 Å². The predicted molar refractivity (Wildman–Crippen MR) is 57.4 cm³/mol. The number of rotatable bonds is 4. The Labute approximate surface area is 86.6 Å². The Morgan fingerprint density at radius 2 is 2.00 bits per heavy atom. The Kier molecular flexibility index (Phi) is 3.79. The van der Waals surface area contributed by atoms with E-state index in [0.29, 0.717) is 6.10 Å². The van der Waals surface area contributed by atoms with E-state index >= 15 is 0 Å². The van der Waals surface area contributed by atoms with Crippen LogP contribution in [0, 0.1) is 5.92 Å². The van der Waals surface area contributed by atoms with Gasteiger partial charge in [-0.15, -0.1) is 0 Å². The number of hydrogen-bond donors (Lipinski definition) is 2. The third-order valence-corrected chi connectivity index (χ3v) is 3.58. The Hall–Kier alpha value is -0.120. The summed E-state index contributed by atoms with van der Waals surface area (Å²) in [5.41, 5.74) is 0. The van der Waals surface area contributed by atoms with Crippen molar-refractivity contribution in [1.82, 2.24) is 10.6 Å². The van der Waals surface area contributed by atoms with Crippen LogP contribution in [0.1, 0.15) is 25.7 Å². The maximum atomic E-state index is 5.26. The zero-order valence-electron chi connectivity index (χ0n) is 9.09. The maximum absolute atomic E-state index is 5.26. The van der Waals surface area contributed by atoms with Gasteiger partial charge < -0.3 is 15.4 Å². The molecule has 14 heavy (non-hydrogen) atoms. The van der Waals surface area contributed by atoms with Crippen LogP contribution in [-0.4, -0.2) is 38.9 Å². The molecule has 1 heterocycles. The van der Waals surface area contributed by atoms with Crippen molar-refractivity contribution in [1.29, 1.82) is 0 Å². The van der Waals surface area contributed by atoms with E-state index in [1.807, 2.05) is 7.11 Å². The minimum absolute atomic E-state index is 0.528. The summed E-state index contributed by atoms with van der Waals surface area (Å²) in [6.07, 6.45) is 5.63. The van der Waals surface area contributed by atoms with E-state index in [1.54, 1.807) is 0 Å². The van der Waals surface area contributed by atoms with Crippen LogP contribution in [0.2, 0.25) is 0 Å². The molecular formula is C11H22N2O. The molecule has 2 rings (SSSR count). The third kappa shape index (κ3) is 2.69. The molecule has 82 valence electrons. The Bertz CT molecular complexity index is 163. The highest BCUT2D eigenvalue weighted by Gasteiger charge is 2.28. The minimum Gasteiger partial charge on any atom is -0.381 e. The summed E-state index contributed by atoms with van der Waals surface area (Å²) in [6, 6.07) is 0.731. The van der Waals surface area contributed by atoms with Crippen molar-refractivity contribution in [3.63, 3.8) is 0 Å². The fourth-order valence-electron chi connectivity index (χ4n) is 2.34. The van der Waals surface area contributed by atoms with E-state index in [0.717, 1.165) is 12.0 Å². The number of methoxy groups -OCH3 is 1. The highest BCUT2D eigenvalue weighted by molar-refractivity contribution is 4.86. The monoisotopic (exact) mass is 198 g/mol. The highest BCUT2D eigenvalue weighted by atomic mass is 16.5. The second-order valence-electron chi connectivity index (χ2n) is 4.63. The van der Waals surface area contributed by atoms with Gasteiger partial charge in [-0.2, -0.15) is 0 Å². The summed E-state index contributed by atoms with van der Waals surface area (Å²) >= 11 is 0. The van der Waals surface area contributed by atoms with Crippen molar-refractivity contribution in [2.75, 3.05) is 26.7 Å². The second-order valence-corrected chi connectivity index (χ2v) is 4.63. The maximum Gasteiger partial charge on any atom is 0.0601 e. The number of nitrogens with one attached hydrogen (secondary N) is 2. The fraction of sp³-hybridized carbons (Fsp3) is 1.00. The predicted octanol–water partition coefficient (Wildman–Crippen LogP) is 0.753. The lowest BCUT2D eigenvalue weighted by Gasteiger charge is -2.36. The molecule has 1 saturated carbocycles. The van der Waals surface area contributed by atoms with Crippen LogP contribution in [0.4, 0.5) is 0 Å². The van der Waals surface area contributed by atoms with Gasteiger partial charge >= 0.3 is 0 Å². The summed E-state index contributed by atoms with van der Waals surface area (Å²) in [5.74, 6) is 0.901. The smallest absolute Gasteiger partial charge is 0.0601 e. The zero-order valence-corrected chi connectivity index (χ0v) is 9.09. The van der Waals surface area contributed by atoms with Crippen molar-refractivity contribution in [3.05, 3.63) is 0 Å². The summed E-state index contributed by atoms with van der Waals surface area (Å²) in [7, 11) is 1.81. The molecule has 0 atom stereocenters. The summed E-state index contributed by atoms with van der Waals surface area (Å²) in [5, 5.41) is 7.04. The molecule has 2 aliphatic rings. The SMILES string of the molecule is COC1CC(NCC2CCNCC2)C1. The van der Waals surface area contributed by atoms with Gasteiger partial charge in [0.05, 0.1) is 6.10 Å². The summed E-state index contributed by atoms with van der Waals surface area (Å²) < 4.78 is 5.26. The second kappa shape index (κ2) is 5.10. The topological polar surface area (TPSA) is 33.3 Å². The number of ether oxygens (including phenoxy) is 1. The molecule has 2 fully saturated rings. The molecule has 1 aliphatic heterocycles. The van der Waals surface area contributed by atoms with E-state index in [-0.39, 0.29) is 0 Å². The third-order valence-electron chi connectivity index (χ3n) is 3.58. The van der Waals surface area contributed by atoms with Crippen LogP contribution in [-0.2, 0) is 4.74 Å². The van der Waals surface area contributed by atoms with Crippen LogP contribution in [0.25, 0.3) is 0 Å². The summed E-state index contributed by atoms with van der Waals surface area (Å²) in [4.78, 5) is 0. The van der Waals surface area contributed by atoms with Crippen molar-refractivity contribution in [2.24, 2.45) is 5.92 Å². The first kappa shape index (κ1) is 10.4. The lowest BCUT2D eigenvalue weighted by atomic mass is 9.88. The minimum atomic E-state index is 0.528. The van der Waals surface area contributed by atoms with Gasteiger partial charge in [0.25, 0.3) is 0 Å². The fourth-order valence-corrected chi connectivity index (χ4v) is 2.34. The van der Waals surface area contributed by atoms with Crippen LogP contribution < -0.4 is 10.6 Å². The van der Waals surface area contributed by atoms with Gasteiger partial charge in [-0.1, -0.05) is 0 Å². The van der Waals surface area contributed by atoms with Crippen LogP contribution in [0.5, 0.6) is 0 Å². The molecule has 0 aromatic rings. The zero-order chi connectivity index (χ0) is 9.80. The van der Waals surface area contributed by atoms with Crippen molar-refractivity contribution in [3.8, 4) is 0 Å². The van der Waals surface area contributed by atoms with E-state index in [1.165, 1.54) is 45.3 Å². The lowest BCUT2D eigenvalue weighted by molar-refractivity contribution is 0.0161. The molecule has 0 bridgehead atoms. The van der Waals surface area contributed by atoms with Gasteiger partial charge in [0.15, 0.2) is 0 Å². The first-order chi connectivity index (χ1) is 6.88. The molecule has 3 heteroatoms. The van der Waals surface area contributed by atoms with Crippen LogP contribution >= 0.6 is 0 Å². The number of piperidine rings is 1. The molecule has 1 saturated heterocycles. The Morgan fingerprint density at radius 3 is 2.64 bits per heavy atom. The molecule has 0 unspecified atom stereocenters. The van der Waals surface area contributed by atoms with Gasteiger partial charge in [0, 0.05) is 13.2 Å². The molecule has 3 nitrogen and oxygen atoms in total. The molecule has 1 aliphatic carbocycles. The summed E-state index contributed by atoms with van der Waals surface area (Å²) in [6.45, 7) is 3.62. The van der Waals surface area contributed by atoms with Gasteiger partial charge in [0.1, 0.15) is 0 Å². The van der Waals surface area contributed by atoms with Crippen LogP contribution in [0.15, 0.2) is 0 Å². The van der Waals surface area contributed by atoms with Gasteiger partial charge in [-0.25, -0.2) is 0 Å². The lowest BCUT2D eigenvalue weighted by Crippen LogP contribution is -2.47. The normalized spacial score (nSPS) is 34.1. The molecule has 0 radical (unpaired) electrons. The van der Waals surface area contributed by atoms with E-state index in [9.17, 15) is 0 Å². The van der Waals surface area contributed by atoms with Gasteiger partial charge in [-0.05, 0) is 51.2 Å². The van der Waals surface area contributed by atoms with Crippen molar-refractivity contribution >= 4 is 0 Å².